The van der Waals surface area contributed by atoms with Gasteiger partial charge in [0.25, 0.3) is 0 Å². The molecule has 0 aliphatic carbocycles. The second-order valence-electron chi connectivity index (χ2n) is 3.96. The Labute approximate surface area is 111 Å². The summed E-state index contributed by atoms with van der Waals surface area (Å²) < 4.78 is 10.6. The first-order valence-electron chi connectivity index (χ1n) is 5.55. The first kappa shape index (κ1) is 14.7. The Bertz CT molecular complexity index is 431. The summed E-state index contributed by atoms with van der Waals surface area (Å²) in [7, 11) is 3.19. The number of carbonyl (C=O) groups is 1. The molecule has 0 aromatic heterocycles. The third-order valence-electron chi connectivity index (χ3n) is 2.73. The molecule has 4 nitrogen and oxygen atoms in total. The summed E-state index contributed by atoms with van der Waals surface area (Å²) in [4.78, 5) is 11.9. The maximum absolute atomic E-state index is 10.9. The Kier molecular flexibility index (Phi) is 5.34. The monoisotopic (exact) mass is 270 g/mol. The molecule has 0 amide bonds. The van der Waals surface area contributed by atoms with Crippen molar-refractivity contribution in [3.63, 3.8) is 0 Å². The molecule has 1 aromatic carbocycles. The van der Waals surface area contributed by atoms with Gasteiger partial charge in [-0.05, 0) is 30.4 Å². The van der Waals surface area contributed by atoms with Crippen LogP contribution in [0, 0.1) is 5.92 Å². The van der Waals surface area contributed by atoms with Gasteiger partial charge in [-0.2, -0.15) is 0 Å². The summed E-state index contributed by atoms with van der Waals surface area (Å²) in [5, 5.41) is 8.96. The van der Waals surface area contributed by atoms with Crippen LogP contribution in [0.15, 0.2) is 17.0 Å². The molecule has 0 heterocycles. The van der Waals surface area contributed by atoms with Crippen LogP contribution in [-0.4, -0.2) is 31.6 Å². The third kappa shape index (κ3) is 3.32. The Morgan fingerprint density at radius 2 is 1.94 bits per heavy atom. The first-order chi connectivity index (χ1) is 8.53. The maximum Gasteiger partial charge on any atom is 0.306 e. The minimum absolute atomic E-state index is 0.420. The molecule has 0 aliphatic heterocycles. The Balaban J connectivity index is 3.13. The number of hydrogen-bond donors (Lipinski definition) is 1. The van der Waals surface area contributed by atoms with E-state index in [1.165, 1.54) is 0 Å². The van der Waals surface area contributed by atoms with Gasteiger partial charge in [-0.1, -0.05) is 6.92 Å². The second kappa shape index (κ2) is 6.54. The van der Waals surface area contributed by atoms with Crippen LogP contribution in [0.1, 0.15) is 12.5 Å². The number of carboxylic acids is 1. The summed E-state index contributed by atoms with van der Waals surface area (Å²) in [6, 6.07) is 3.73. The molecule has 5 heteroatoms. The summed E-state index contributed by atoms with van der Waals surface area (Å²) in [5.74, 6) is 0.179. The molecule has 0 bridgehead atoms. The van der Waals surface area contributed by atoms with Crippen LogP contribution >= 0.6 is 11.8 Å². The van der Waals surface area contributed by atoms with E-state index in [-0.39, 0.29) is 0 Å². The van der Waals surface area contributed by atoms with E-state index in [1.807, 2.05) is 18.4 Å². The van der Waals surface area contributed by atoms with Gasteiger partial charge in [-0.15, -0.1) is 11.8 Å². The third-order valence-corrected chi connectivity index (χ3v) is 3.49. The van der Waals surface area contributed by atoms with Crippen LogP contribution in [0.25, 0.3) is 0 Å². The lowest BCUT2D eigenvalue weighted by molar-refractivity contribution is -0.141. The van der Waals surface area contributed by atoms with Crippen molar-refractivity contribution in [3.05, 3.63) is 17.7 Å². The molecule has 1 N–H and O–H groups in total. The molecule has 0 saturated carbocycles. The SMILES string of the molecule is COc1cc(SC)c(OC)cc1CC(C)C(=O)O. The topological polar surface area (TPSA) is 55.8 Å². The quantitative estimate of drug-likeness (QED) is 0.805. The molecular formula is C13H18O4S. The van der Waals surface area contributed by atoms with Crippen LogP contribution in [-0.2, 0) is 11.2 Å². The number of carboxylic acid groups (broad SMARTS) is 1. The van der Waals surface area contributed by atoms with E-state index in [9.17, 15) is 4.79 Å². The van der Waals surface area contributed by atoms with E-state index in [0.717, 1.165) is 16.2 Å². The zero-order chi connectivity index (χ0) is 13.7. The van der Waals surface area contributed by atoms with Gasteiger partial charge in [-0.25, -0.2) is 0 Å². The Hall–Kier alpha value is -1.36. The molecule has 1 rings (SSSR count). The van der Waals surface area contributed by atoms with Crippen molar-refractivity contribution in [2.24, 2.45) is 5.92 Å². The fourth-order valence-electron chi connectivity index (χ4n) is 1.67. The van der Waals surface area contributed by atoms with E-state index in [1.54, 1.807) is 32.9 Å². The zero-order valence-corrected chi connectivity index (χ0v) is 11.8. The highest BCUT2D eigenvalue weighted by Gasteiger charge is 2.17. The van der Waals surface area contributed by atoms with Gasteiger partial charge < -0.3 is 14.6 Å². The highest BCUT2D eigenvalue weighted by Crippen LogP contribution is 2.35. The van der Waals surface area contributed by atoms with Crippen molar-refractivity contribution in [2.75, 3.05) is 20.5 Å². The lowest BCUT2D eigenvalue weighted by atomic mass is 10.0. The molecule has 0 fully saturated rings. The summed E-state index contributed by atoms with van der Waals surface area (Å²) >= 11 is 1.56. The van der Waals surface area contributed by atoms with E-state index >= 15 is 0 Å². The van der Waals surface area contributed by atoms with Crippen molar-refractivity contribution >= 4 is 17.7 Å². The van der Waals surface area contributed by atoms with Crippen LogP contribution in [0.4, 0.5) is 0 Å². The van der Waals surface area contributed by atoms with Crippen molar-refractivity contribution < 1.29 is 19.4 Å². The second-order valence-corrected chi connectivity index (χ2v) is 4.81. The highest BCUT2D eigenvalue weighted by molar-refractivity contribution is 7.98. The first-order valence-corrected chi connectivity index (χ1v) is 6.77. The number of methoxy groups -OCH3 is 2. The minimum atomic E-state index is -0.815. The number of thioether (sulfide) groups is 1. The lowest BCUT2D eigenvalue weighted by Crippen LogP contribution is -2.13. The fraction of sp³-hybridized carbons (Fsp3) is 0.462. The molecule has 18 heavy (non-hydrogen) atoms. The fourth-order valence-corrected chi connectivity index (χ4v) is 2.24. The van der Waals surface area contributed by atoms with Crippen molar-refractivity contribution in [2.45, 2.75) is 18.2 Å². The van der Waals surface area contributed by atoms with Gasteiger partial charge in [0.05, 0.1) is 25.0 Å². The van der Waals surface area contributed by atoms with E-state index in [0.29, 0.717) is 12.2 Å². The molecule has 0 aliphatic rings. The average molecular weight is 270 g/mol. The van der Waals surface area contributed by atoms with Crippen molar-refractivity contribution in [3.8, 4) is 11.5 Å². The summed E-state index contributed by atoms with van der Waals surface area (Å²) in [5.41, 5.74) is 0.849. The standard InChI is InChI=1S/C13H18O4S/c1-8(13(14)15)5-9-6-11(17-3)12(18-4)7-10(9)16-2/h6-8H,5H2,1-4H3,(H,14,15). The summed E-state index contributed by atoms with van der Waals surface area (Å²) in [6.45, 7) is 1.68. The predicted molar refractivity (Wildman–Crippen MR) is 71.8 cm³/mol. The van der Waals surface area contributed by atoms with Gasteiger partial charge >= 0.3 is 5.97 Å². The Morgan fingerprint density at radius 3 is 2.39 bits per heavy atom. The number of ether oxygens (including phenoxy) is 2. The van der Waals surface area contributed by atoms with E-state index < -0.39 is 11.9 Å². The molecule has 0 radical (unpaired) electrons. The van der Waals surface area contributed by atoms with Crippen LogP contribution in [0.3, 0.4) is 0 Å². The number of hydrogen-bond acceptors (Lipinski definition) is 4. The van der Waals surface area contributed by atoms with Crippen LogP contribution in [0.2, 0.25) is 0 Å². The normalized spacial score (nSPS) is 12.0. The number of benzene rings is 1. The number of aliphatic carboxylic acids is 1. The Morgan fingerprint density at radius 1 is 1.33 bits per heavy atom. The molecule has 1 aromatic rings. The summed E-state index contributed by atoms with van der Waals surface area (Å²) in [6.07, 6.45) is 2.38. The van der Waals surface area contributed by atoms with Crippen LogP contribution < -0.4 is 9.47 Å². The van der Waals surface area contributed by atoms with Gasteiger partial charge in [0.1, 0.15) is 11.5 Å². The highest BCUT2D eigenvalue weighted by atomic mass is 32.2. The van der Waals surface area contributed by atoms with E-state index in [2.05, 4.69) is 0 Å². The van der Waals surface area contributed by atoms with Crippen molar-refractivity contribution in [1.82, 2.24) is 0 Å². The van der Waals surface area contributed by atoms with Gasteiger partial charge in [-0.3, -0.25) is 4.79 Å². The molecule has 1 atom stereocenters. The smallest absolute Gasteiger partial charge is 0.306 e. The maximum atomic E-state index is 10.9. The number of rotatable bonds is 6. The lowest BCUT2D eigenvalue weighted by Gasteiger charge is -2.15. The molecule has 0 saturated heterocycles. The van der Waals surface area contributed by atoms with Gasteiger partial charge in [0.15, 0.2) is 0 Å². The van der Waals surface area contributed by atoms with Crippen LogP contribution in [0.5, 0.6) is 11.5 Å². The van der Waals surface area contributed by atoms with Gasteiger partial charge in [0, 0.05) is 0 Å². The average Bonchev–Trinajstić information content (AvgIpc) is 2.37. The zero-order valence-electron chi connectivity index (χ0n) is 11.0. The largest absolute Gasteiger partial charge is 0.496 e. The molecular weight excluding hydrogens is 252 g/mol. The van der Waals surface area contributed by atoms with Gasteiger partial charge in [0.2, 0.25) is 0 Å². The molecule has 0 spiro atoms. The molecule has 100 valence electrons. The molecule has 1 unspecified atom stereocenters. The van der Waals surface area contributed by atoms with Crippen molar-refractivity contribution in [1.29, 1.82) is 0 Å². The minimum Gasteiger partial charge on any atom is -0.496 e. The predicted octanol–water partition coefficient (Wildman–Crippen LogP) is 2.69. The van der Waals surface area contributed by atoms with E-state index in [4.69, 9.17) is 14.6 Å².